The molecule has 0 bridgehead atoms. The zero-order valence-corrected chi connectivity index (χ0v) is 15.9. The molecule has 2 aromatic rings. The number of carbonyl (C=O) groups is 3. The number of anilines is 1. The van der Waals surface area contributed by atoms with Gasteiger partial charge in [0.1, 0.15) is 17.5 Å². The summed E-state index contributed by atoms with van der Waals surface area (Å²) in [6, 6.07) is 0.357. The first kappa shape index (κ1) is 21.9. The molecule has 158 valence electrons. The first-order valence-corrected chi connectivity index (χ1v) is 9.35. The Bertz CT molecular complexity index is 934. The van der Waals surface area contributed by atoms with E-state index in [1.807, 2.05) is 0 Å². The van der Waals surface area contributed by atoms with Crippen molar-refractivity contribution in [2.24, 2.45) is 0 Å². The number of carboxylic acid groups (broad SMARTS) is 2. The lowest BCUT2D eigenvalue weighted by atomic mass is 10.1. The van der Waals surface area contributed by atoms with Gasteiger partial charge in [0, 0.05) is 19.4 Å². The summed E-state index contributed by atoms with van der Waals surface area (Å²) in [7, 11) is 0. The van der Waals surface area contributed by atoms with Gasteiger partial charge >= 0.3 is 11.9 Å². The zero-order chi connectivity index (χ0) is 21.4. The van der Waals surface area contributed by atoms with E-state index in [9.17, 15) is 19.2 Å². The van der Waals surface area contributed by atoms with Crippen LogP contribution in [0.4, 0.5) is 5.82 Å². The number of rotatable bonds is 12. The van der Waals surface area contributed by atoms with Gasteiger partial charge in [-0.3, -0.25) is 19.0 Å². The molecule has 0 spiro atoms. The van der Waals surface area contributed by atoms with Gasteiger partial charge < -0.3 is 26.2 Å². The largest absolute Gasteiger partial charge is 0.481 e. The van der Waals surface area contributed by atoms with Crippen LogP contribution in [0.15, 0.2) is 17.2 Å². The molecule has 0 aromatic carbocycles. The van der Waals surface area contributed by atoms with Crippen LogP contribution in [0.5, 0.6) is 0 Å². The van der Waals surface area contributed by atoms with Crippen molar-refractivity contribution in [2.45, 2.75) is 57.5 Å². The number of aryl methyl sites for hydroxylation is 1. The summed E-state index contributed by atoms with van der Waals surface area (Å²) in [4.78, 5) is 52.7. The number of carbonyl (C=O) groups excluding carboxylic acids is 1. The first-order valence-electron chi connectivity index (χ1n) is 9.35. The monoisotopic (exact) mass is 407 g/mol. The van der Waals surface area contributed by atoms with Gasteiger partial charge in [-0.05, 0) is 25.3 Å². The number of amides is 1. The minimum Gasteiger partial charge on any atom is -0.481 e. The van der Waals surface area contributed by atoms with Crippen molar-refractivity contribution in [3.8, 4) is 0 Å². The predicted octanol–water partition coefficient (Wildman–Crippen LogP) is 0.692. The maximum Gasteiger partial charge on any atom is 0.326 e. The highest BCUT2D eigenvalue weighted by atomic mass is 16.4. The van der Waals surface area contributed by atoms with Gasteiger partial charge in [0.25, 0.3) is 5.56 Å². The Morgan fingerprint density at radius 3 is 2.59 bits per heavy atom. The number of aromatic amines is 1. The SMILES string of the molecule is Nc1cc2c(=O)n(CCCCCCC(=O)N[C@@H](CCC(=O)O)C(=O)O)cnc2[nH]1. The maximum absolute atomic E-state index is 12.3. The molecule has 0 fully saturated rings. The fourth-order valence-corrected chi connectivity index (χ4v) is 2.94. The van der Waals surface area contributed by atoms with E-state index in [0.29, 0.717) is 29.8 Å². The number of hydrogen-bond donors (Lipinski definition) is 5. The van der Waals surface area contributed by atoms with Crippen molar-refractivity contribution in [3.05, 3.63) is 22.7 Å². The number of carboxylic acids is 2. The Morgan fingerprint density at radius 1 is 1.17 bits per heavy atom. The van der Waals surface area contributed by atoms with E-state index in [4.69, 9.17) is 15.9 Å². The third-order valence-corrected chi connectivity index (χ3v) is 4.47. The molecule has 0 aliphatic heterocycles. The van der Waals surface area contributed by atoms with Gasteiger partial charge in [-0.15, -0.1) is 0 Å². The standard InChI is InChI=1S/C18H25N5O6/c19-13-9-11-16(22-13)20-10-23(17(11)27)8-4-2-1-3-5-14(24)21-12(18(28)29)6-7-15(25)26/h9-10,12,22H,1-8,19H2,(H,21,24)(H,25,26)(H,28,29)/t12-/m0/s1. The van der Waals surface area contributed by atoms with E-state index >= 15 is 0 Å². The second kappa shape index (κ2) is 10.2. The molecule has 6 N–H and O–H groups in total. The van der Waals surface area contributed by atoms with Crippen LogP contribution < -0.4 is 16.6 Å². The van der Waals surface area contributed by atoms with Gasteiger partial charge in [-0.2, -0.15) is 0 Å². The van der Waals surface area contributed by atoms with Gasteiger partial charge in [0.2, 0.25) is 5.91 Å². The molecule has 2 aromatic heterocycles. The number of nitrogen functional groups attached to an aromatic ring is 1. The molecule has 2 rings (SSSR count). The molecule has 1 atom stereocenters. The number of aliphatic carboxylic acids is 2. The van der Waals surface area contributed by atoms with E-state index in [2.05, 4.69) is 15.3 Å². The van der Waals surface area contributed by atoms with E-state index in [1.54, 1.807) is 6.07 Å². The van der Waals surface area contributed by atoms with Crippen LogP contribution in [0.25, 0.3) is 11.0 Å². The Balaban J connectivity index is 1.68. The summed E-state index contributed by atoms with van der Waals surface area (Å²) in [5.41, 5.74) is 5.92. The van der Waals surface area contributed by atoms with Crippen molar-refractivity contribution in [2.75, 3.05) is 5.73 Å². The van der Waals surface area contributed by atoms with Crippen molar-refractivity contribution in [3.63, 3.8) is 0 Å². The third kappa shape index (κ3) is 6.63. The van der Waals surface area contributed by atoms with Crippen molar-refractivity contribution < 1.29 is 24.6 Å². The number of H-pyrrole nitrogens is 1. The molecular weight excluding hydrogens is 382 g/mol. The summed E-state index contributed by atoms with van der Waals surface area (Å²) < 4.78 is 1.52. The minimum absolute atomic E-state index is 0.156. The number of unbranched alkanes of at least 4 members (excludes halogenated alkanes) is 3. The average molecular weight is 407 g/mol. The summed E-state index contributed by atoms with van der Waals surface area (Å²) in [6.07, 6.45) is 3.96. The molecule has 2 heterocycles. The number of nitrogens with one attached hydrogen (secondary N) is 2. The summed E-state index contributed by atoms with van der Waals surface area (Å²) in [5, 5.41) is 20.4. The number of nitrogens with zero attached hydrogens (tertiary/aromatic N) is 2. The third-order valence-electron chi connectivity index (χ3n) is 4.47. The van der Waals surface area contributed by atoms with Crippen LogP contribution in [0, 0.1) is 0 Å². The number of fused-ring (bicyclic) bond motifs is 1. The summed E-state index contributed by atoms with van der Waals surface area (Å²) in [6.45, 7) is 0.495. The van der Waals surface area contributed by atoms with E-state index in [0.717, 1.165) is 19.3 Å². The number of aromatic nitrogens is 3. The van der Waals surface area contributed by atoms with Crippen molar-refractivity contribution in [1.82, 2.24) is 19.9 Å². The Labute approximate surface area is 165 Å². The lowest BCUT2D eigenvalue weighted by Crippen LogP contribution is -2.41. The van der Waals surface area contributed by atoms with Crippen LogP contribution in [-0.4, -0.2) is 48.6 Å². The molecule has 0 aliphatic carbocycles. The average Bonchev–Trinajstić information content (AvgIpc) is 3.04. The molecule has 29 heavy (non-hydrogen) atoms. The molecule has 1 amide bonds. The molecule has 0 saturated heterocycles. The van der Waals surface area contributed by atoms with Gasteiger partial charge in [-0.1, -0.05) is 12.8 Å². The fraction of sp³-hybridized carbons (Fsp3) is 0.500. The van der Waals surface area contributed by atoms with Crippen molar-refractivity contribution >= 4 is 34.7 Å². The summed E-state index contributed by atoms with van der Waals surface area (Å²) in [5.74, 6) is -2.40. The van der Waals surface area contributed by atoms with Crippen LogP contribution in [0.1, 0.15) is 44.9 Å². The Hall–Kier alpha value is -3.37. The highest BCUT2D eigenvalue weighted by Crippen LogP contribution is 2.10. The molecule has 0 saturated carbocycles. The number of nitrogens with two attached hydrogens (primary N) is 1. The quantitative estimate of drug-likeness (QED) is 0.319. The van der Waals surface area contributed by atoms with Crippen LogP contribution in [-0.2, 0) is 20.9 Å². The lowest BCUT2D eigenvalue weighted by molar-refractivity contribution is -0.143. The highest BCUT2D eigenvalue weighted by molar-refractivity contribution is 5.84. The molecular formula is C18H25N5O6. The fourth-order valence-electron chi connectivity index (χ4n) is 2.94. The Morgan fingerprint density at radius 2 is 1.90 bits per heavy atom. The van der Waals surface area contributed by atoms with Crippen LogP contribution >= 0.6 is 0 Å². The maximum atomic E-state index is 12.3. The van der Waals surface area contributed by atoms with Crippen LogP contribution in [0.2, 0.25) is 0 Å². The molecule has 0 unspecified atom stereocenters. The minimum atomic E-state index is -1.25. The number of hydrogen-bond acceptors (Lipinski definition) is 6. The smallest absolute Gasteiger partial charge is 0.326 e. The van der Waals surface area contributed by atoms with Crippen molar-refractivity contribution in [1.29, 1.82) is 0 Å². The van der Waals surface area contributed by atoms with E-state index < -0.39 is 23.9 Å². The molecule has 0 aliphatic rings. The normalized spacial score (nSPS) is 12.0. The zero-order valence-electron chi connectivity index (χ0n) is 15.9. The second-order valence-electron chi connectivity index (χ2n) is 6.79. The molecule has 11 heteroatoms. The van der Waals surface area contributed by atoms with E-state index in [-0.39, 0.29) is 24.8 Å². The summed E-state index contributed by atoms with van der Waals surface area (Å²) >= 11 is 0. The lowest BCUT2D eigenvalue weighted by Gasteiger charge is -2.13. The van der Waals surface area contributed by atoms with Gasteiger partial charge in [0.15, 0.2) is 0 Å². The van der Waals surface area contributed by atoms with Gasteiger partial charge in [0.05, 0.1) is 11.7 Å². The predicted molar refractivity (Wildman–Crippen MR) is 104 cm³/mol. The second-order valence-corrected chi connectivity index (χ2v) is 6.79. The molecule has 11 nitrogen and oxygen atoms in total. The first-order chi connectivity index (χ1) is 13.8. The van der Waals surface area contributed by atoms with Crippen LogP contribution in [0.3, 0.4) is 0 Å². The van der Waals surface area contributed by atoms with Gasteiger partial charge in [-0.25, -0.2) is 9.78 Å². The van der Waals surface area contributed by atoms with E-state index in [1.165, 1.54) is 10.9 Å². The Kier molecular flexibility index (Phi) is 7.75. The topological polar surface area (TPSA) is 180 Å². The molecule has 0 radical (unpaired) electrons. The highest BCUT2D eigenvalue weighted by Gasteiger charge is 2.20.